The van der Waals surface area contributed by atoms with Crippen molar-refractivity contribution in [3.8, 4) is 0 Å². The van der Waals surface area contributed by atoms with E-state index in [-0.39, 0.29) is 0 Å². The third-order valence-electron chi connectivity index (χ3n) is 5.26. The van der Waals surface area contributed by atoms with E-state index in [1.54, 1.807) is 0 Å². The summed E-state index contributed by atoms with van der Waals surface area (Å²) in [6.45, 7) is 7.50. The van der Waals surface area contributed by atoms with Crippen LogP contribution in [0, 0.1) is 0 Å². The number of rotatable bonds is 4. The molecule has 5 nitrogen and oxygen atoms in total. The van der Waals surface area contributed by atoms with Crippen LogP contribution in [0.3, 0.4) is 0 Å². The fraction of sp³-hybridized carbons (Fsp3) is 0.667. The lowest BCUT2D eigenvalue weighted by Crippen LogP contribution is -2.35. The van der Waals surface area contributed by atoms with E-state index in [1.807, 2.05) is 12.3 Å². The first-order valence-corrected chi connectivity index (χ1v) is 9.00. The van der Waals surface area contributed by atoms with Gasteiger partial charge < -0.3 is 14.2 Å². The van der Waals surface area contributed by atoms with Crippen LogP contribution in [0.4, 0.5) is 0 Å². The van der Waals surface area contributed by atoms with Gasteiger partial charge in [0.2, 0.25) is 0 Å². The molecule has 0 N–H and O–H groups in total. The van der Waals surface area contributed by atoms with Crippen molar-refractivity contribution in [1.82, 2.24) is 19.4 Å². The zero-order chi connectivity index (χ0) is 15.6. The minimum Gasteiger partial charge on any atom is -0.376 e. The minimum atomic E-state index is 0.319. The Labute approximate surface area is 137 Å². The molecule has 2 atom stereocenters. The summed E-state index contributed by atoms with van der Waals surface area (Å²) < 4.78 is 8.22. The van der Waals surface area contributed by atoms with Gasteiger partial charge in [-0.1, -0.05) is 6.92 Å². The molecule has 0 aromatic carbocycles. The molecule has 2 aromatic heterocycles. The molecule has 4 rings (SSSR count). The molecule has 23 heavy (non-hydrogen) atoms. The van der Waals surface area contributed by atoms with E-state index in [0.717, 1.165) is 43.8 Å². The molecule has 0 radical (unpaired) electrons. The summed E-state index contributed by atoms with van der Waals surface area (Å²) in [5.41, 5.74) is 2.04. The number of nitrogens with zero attached hydrogens (tertiary/aromatic N) is 4. The normalized spacial score (nSPS) is 26.1. The molecular formula is C18H26N4O. The fourth-order valence-electron chi connectivity index (χ4n) is 4.01. The van der Waals surface area contributed by atoms with Crippen LogP contribution in [0.5, 0.6) is 0 Å². The molecule has 0 aliphatic carbocycles. The third-order valence-corrected chi connectivity index (χ3v) is 5.26. The average Bonchev–Trinajstić information content (AvgIpc) is 3.24. The molecule has 0 bridgehead atoms. The molecule has 0 amide bonds. The quantitative estimate of drug-likeness (QED) is 0.870. The van der Waals surface area contributed by atoms with Crippen LogP contribution in [0.1, 0.15) is 44.3 Å². The van der Waals surface area contributed by atoms with Gasteiger partial charge >= 0.3 is 0 Å². The molecule has 124 valence electrons. The first-order valence-electron chi connectivity index (χ1n) is 9.00. The van der Waals surface area contributed by atoms with E-state index >= 15 is 0 Å². The van der Waals surface area contributed by atoms with Gasteiger partial charge in [-0.3, -0.25) is 0 Å². The number of piperidine rings is 1. The van der Waals surface area contributed by atoms with Gasteiger partial charge in [0.1, 0.15) is 11.3 Å². The number of pyridine rings is 1. The summed E-state index contributed by atoms with van der Waals surface area (Å²) in [7, 11) is 0. The molecule has 2 fully saturated rings. The second-order valence-electron chi connectivity index (χ2n) is 6.79. The molecule has 5 heteroatoms. The van der Waals surface area contributed by atoms with Crippen LogP contribution in [0.25, 0.3) is 11.2 Å². The number of ether oxygens (including phenoxy) is 1. The number of fused-ring (bicyclic) bond motifs is 1. The Kier molecular flexibility index (Phi) is 4.31. The van der Waals surface area contributed by atoms with E-state index in [9.17, 15) is 0 Å². The van der Waals surface area contributed by atoms with Crippen molar-refractivity contribution in [2.75, 3.05) is 26.2 Å². The summed E-state index contributed by atoms with van der Waals surface area (Å²) in [4.78, 5) is 12.1. The van der Waals surface area contributed by atoms with Crippen molar-refractivity contribution in [2.45, 2.75) is 51.2 Å². The third kappa shape index (κ3) is 3.00. The number of likely N-dealkylation sites (tertiary alicyclic amines) is 1. The zero-order valence-electron chi connectivity index (χ0n) is 13.9. The number of hydrogen-bond donors (Lipinski definition) is 0. The first kappa shape index (κ1) is 15.1. The van der Waals surface area contributed by atoms with Crippen molar-refractivity contribution < 1.29 is 4.74 Å². The zero-order valence-corrected chi connectivity index (χ0v) is 13.9. The second-order valence-corrected chi connectivity index (χ2v) is 6.79. The van der Waals surface area contributed by atoms with Crippen molar-refractivity contribution in [3.63, 3.8) is 0 Å². The molecule has 4 heterocycles. The Balaban J connectivity index is 1.69. The molecule has 0 spiro atoms. The van der Waals surface area contributed by atoms with Crippen LogP contribution < -0.4 is 0 Å². The maximum absolute atomic E-state index is 5.87. The van der Waals surface area contributed by atoms with Crippen molar-refractivity contribution in [2.24, 2.45) is 0 Å². The van der Waals surface area contributed by atoms with Gasteiger partial charge in [-0.15, -0.1) is 0 Å². The Morgan fingerprint density at radius 2 is 2.26 bits per heavy atom. The van der Waals surface area contributed by atoms with Crippen LogP contribution in [-0.2, 0) is 11.3 Å². The highest BCUT2D eigenvalue weighted by Crippen LogP contribution is 2.29. The van der Waals surface area contributed by atoms with Crippen molar-refractivity contribution in [3.05, 3.63) is 24.2 Å². The van der Waals surface area contributed by atoms with E-state index in [4.69, 9.17) is 9.72 Å². The number of aromatic nitrogens is 3. The smallest absolute Gasteiger partial charge is 0.160 e. The fourth-order valence-corrected chi connectivity index (χ4v) is 4.01. The van der Waals surface area contributed by atoms with Gasteiger partial charge in [-0.25, -0.2) is 9.97 Å². The molecule has 0 saturated carbocycles. The lowest BCUT2D eigenvalue weighted by Gasteiger charge is -2.31. The summed E-state index contributed by atoms with van der Waals surface area (Å²) in [5, 5.41) is 0. The molecule has 2 saturated heterocycles. The van der Waals surface area contributed by atoms with E-state index in [2.05, 4.69) is 27.4 Å². The lowest BCUT2D eigenvalue weighted by molar-refractivity contribution is 0.0961. The maximum Gasteiger partial charge on any atom is 0.160 e. The van der Waals surface area contributed by atoms with Gasteiger partial charge in [0.15, 0.2) is 5.65 Å². The van der Waals surface area contributed by atoms with Gasteiger partial charge in [0, 0.05) is 25.3 Å². The van der Waals surface area contributed by atoms with Crippen LogP contribution >= 0.6 is 0 Å². The van der Waals surface area contributed by atoms with Crippen LogP contribution in [-0.4, -0.2) is 51.8 Å². The largest absolute Gasteiger partial charge is 0.376 e. The topological polar surface area (TPSA) is 43.2 Å². The summed E-state index contributed by atoms with van der Waals surface area (Å²) in [5.74, 6) is 1.73. The first-order chi connectivity index (χ1) is 11.3. The maximum atomic E-state index is 5.87. The van der Waals surface area contributed by atoms with Crippen LogP contribution in [0.15, 0.2) is 18.3 Å². The highest BCUT2D eigenvalue weighted by Gasteiger charge is 2.27. The predicted octanol–water partition coefficient (Wildman–Crippen LogP) is 2.81. The average molecular weight is 314 g/mol. The van der Waals surface area contributed by atoms with E-state index in [1.165, 1.54) is 31.6 Å². The van der Waals surface area contributed by atoms with Gasteiger partial charge in [-0.05, 0) is 50.9 Å². The Hall–Kier alpha value is -1.46. The number of hydrogen-bond acceptors (Lipinski definition) is 4. The number of imidazole rings is 1. The highest BCUT2D eigenvalue weighted by molar-refractivity contribution is 5.71. The second kappa shape index (κ2) is 6.57. The van der Waals surface area contributed by atoms with Crippen LogP contribution in [0.2, 0.25) is 0 Å². The van der Waals surface area contributed by atoms with Crippen molar-refractivity contribution in [1.29, 1.82) is 0 Å². The summed E-state index contributed by atoms with van der Waals surface area (Å²) in [6, 6.07) is 4.06. The van der Waals surface area contributed by atoms with Crippen molar-refractivity contribution >= 4 is 11.2 Å². The Morgan fingerprint density at radius 1 is 1.30 bits per heavy atom. The monoisotopic (exact) mass is 314 g/mol. The van der Waals surface area contributed by atoms with Gasteiger partial charge in [0.05, 0.1) is 12.6 Å². The van der Waals surface area contributed by atoms with Gasteiger partial charge in [-0.2, -0.15) is 0 Å². The standard InChI is InChI=1S/C18H26N4O/c1-2-21-10-4-6-14(12-21)17-20-16-8-3-9-19-18(16)22(17)13-15-7-5-11-23-15/h3,8-9,14-15H,2,4-7,10-13H2,1H3. The predicted molar refractivity (Wildman–Crippen MR) is 90.6 cm³/mol. The summed E-state index contributed by atoms with van der Waals surface area (Å²) >= 11 is 0. The molecular weight excluding hydrogens is 288 g/mol. The Morgan fingerprint density at radius 3 is 3.09 bits per heavy atom. The van der Waals surface area contributed by atoms with E-state index < -0.39 is 0 Å². The minimum absolute atomic E-state index is 0.319. The van der Waals surface area contributed by atoms with E-state index in [0.29, 0.717) is 12.0 Å². The number of likely N-dealkylation sites (N-methyl/N-ethyl adjacent to an activating group) is 1. The highest BCUT2D eigenvalue weighted by atomic mass is 16.5. The molecule has 2 aliphatic rings. The Bertz CT molecular complexity index is 662. The molecule has 2 aliphatic heterocycles. The summed E-state index contributed by atoms with van der Waals surface area (Å²) in [6.07, 6.45) is 7.00. The SMILES string of the molecule is CCN1CCCC(c2nc3cccnc3n2CC2CCCO2)C1. The van der Waals surface area contributed by atoms with Gasteiger partial charge in [0.25, 0.3) is 0 Å². The molecule has 2 aromatic rings. The lowest BCUT2D eigenvalue weighted by atomic mass is 9.97. The molecule has 2 unspecified atom stereocenters.